The second-order valence-electron chi connectivity index (χ2n) is 11.8. The molecule has 0 saturated heterocycles. The number of nitrogens with zero attached hydrogens (tertiary/aromatic N) is 2. The van der Waals surface area contributed by atoms with Crippen LogP contribution in [0.15, 0.2) is 158 Å². The van der Waals surface area contributed by atoms with Crippen molar-refractivity contribution in [2.24, 2.45) is 0 Å². The quantitative estimate of drug-likeness (QED) is 0.194. The fourth-order valence-corrected chi connectivity index (χ4v) is 8.56. The number of fused-ring (bicyclic) bond motifs is 10. The average molecular weight is 591 g/mol. The van der Waals surface area contributed by atoms with E-state index in [1.165, 1.54) is 86.3 Å². The summed E-state index contributed by atoms with van der Waals surface area (Å²) < 4.78 is 7.45. The summed E-state index contributed by atoms with van der Waals surface area (Å²) in [6, 6.07) is 57.5. The molecule has 0 aliphatic heterocycles. The van der Waals surface area contributed by atoms with Gasteiger partial charge in [-0.05, 0) is 71.8 Å². The SMILES string of the molecule is c1ccc(-n2c3ccccc3c3c4sc5ccc(-c6ccc(-n7c8ccccc8c8ccccc87)cc6)cc5c4ccc32)cc1. The van der Waals surface area contributed by atoms with Crippen LogP contribution in [0, 0.1) is 0 Å². The van der Waals surface area contributed by atoms with Gasteiger partial charge in [-0.15, -0.1) is 11.3 Å². The fraction of sp³-hybridized carbons (Fsp3) is 0. The summed E-state index contributed by atoms with van der Waals surface area (Å²) in [5.41, 5.74) is 9.79. The van der Waals surface area contributed by atoms with Crippen LogP contribution in [-0.4, -0.2) is 9.13 Å². The van der Waals surface area contributed by atoms with E-state index in [2.05, 4.69) is 167 Å². The van der Waals surface area contributed by atoms with Gasteiger partial charge in [-0.25, -0.2) is 0 Å². The Labute approximate surface area is 263 Å². The van der Waals surface area contributed by atoms with Gasteiger partial charge in [-0.3, -0.25) is 0 Å². The molecular weight excluding hydrogens is 565 g/mol. The van der Waals surface area contributed by atoms with E-state index in [0.717, 1.165) is 0 Å². The molecule has 0 amide bonds. The summed E-state index contributed by atoms with van der Waals surface area (Å²) in [6.45, 7) is 0. The van der Waals surface area contributed by atoms with Crippen molar-refractivity contribution < 1.29 is 0 Å². The maximum atomic E-state index is 2.40. The molecule has 2 nitrogen and oxygen atoms in total. The van der Waals surface area contributed by atoms with E-state index in [4.69, 9.17) is 0 Å². The normalized spacial score (nSPS) is 12.0. The van der Waals surface area contributed by atoms with Crippen LogP contribution in [-0.2, 0) is 0 Å². The molecule has 7 aromatic carbocycles. The molecule has 0 aliphatic carbocycles. The zero-order valence-corrected chi connectivity index (χ0v) is 25.1. The number of aromatic nitrogens is 2. The van der Waals surface area contributed by atoms with Crippen LogP contribution in [0.4, 0.5) is 0 Å². The molecule has 0 fully saturated rings. The zero-order valence-electron chi connectivity index (χ0n) is 24.3. The number of benzene rings is 7. The van der Waals surface area contributed by atoms with Crippen LogP contribution < -0.4 is 0 Å². The molecule has 0 radical (unpaired) electrons. The third-order valence-electron chi connectivity index (χ3n) is 9.33. The van der Waals surface area contributed by atoms with E-state index in [1.807, 2.05) is 11.3 Å². The summed E-state index contributed by atoms with van der Waals surface area (Å²) in [5.74, 6) is 0. The monoisotopic (exact) mass is 590 g/mol. The van der Waals surface area contributed by atoms with Crippen molar-refractivity contribution >= 4 is 75.1 Å². The van der Waals surface area contributed by atoms with Crippen LogP contribution in [0.2, 0.25) is 0 Å². The molecular formula is C42H26N2S. The van der Waals surface area contributed by atoms with Gasteiger partial charge in [0.05, 0.1) is 22.1 Å². The van der Waals surface area contributed by atoms with Crippen molar-refractivity contribution in [1.29, 1.82) is 0 Å². The topological polar surface area (TPSA) is 9.86 Å². The van der Waals surface area contributed by atoms with E-state index >= 15 is 0 Å². The van der Waals surface area contributed by atoms with Gasteiger partial charge in [0.1, 0.15) is 0 Å². The number of hydrogen-bond acceptors (Lipinski definition) is 1. The third-order valence-corrected chi connectivity index (χ3v) is 10.5. The first-order chi connectivity index (χ1) is 22.3. The Balaban J connectivity index is 1.13. The van der Waals surface area contributed by atoms with Gasteiger partial charge >= 0.3 is 0 Å². The lowest BCUT2D eigenvalue weighted by Gasteiger charge is -2.09. The zero-order chi connectivity index (χ0) is 29.5. The van der Waals surface area contributed by atoms with E-state index in [-0.39, 0.29) is 0 Å². The van der Waals surface area contributed by atoms with Gasteiger partial charge in [-0.2, -0.15) is 0 Å². The highest BCUT2D eigenvalue weighted by molar-refractivity contribution is 7.26. The van der Waals surface area contributed by atoms with Gasteiger partial charge in [0.25, 0.3) is 0 Å². The van der Waals surface area contributed by atoms with Crippen LogP contribution in [0.5, 0.6) is 0 Å². The van der Waals surface area contributed by atoms with Gasteiger partial charge in [-0.1, -0.05) is 97.1 Å². The maximum Gasteiger partial charge on any atom is 0.0555 e. The first-order valence-corrected chi connectivity index (χ1v) is 16.2. The minimum atomic E-state index is 1.18. The minimum absolute atomic E-state index is 1.18. The van der Waals surface area contributed by atoms with E-state index < -0.39 is 0 Å². The first-order valence-electron chi connectivity index (χ1n) is 15.4. The number of rotatable bonds is 3. The molecule has 3 aromatic heterocycles. The van der Waals surface area contributed by atoms with E-state index in [1.54, 1.807) is 0 Å². The predicted octanol–water partition coefficient (Wildman–Crippen LogP) is 11.9. The molecule has 0 bridgehead atoms. The number of hydrogen-bond donors (Lipinski definition) is 0. The Morgan fingerprint density at radius 3 is 1.62 bits per heavy atom. The highest BCUT2D eigenvalue weighted by atomic mass is 32.1. The van der Waals surface area contributed by atoms with Crippen molar-refractivity contribution in [1.82, 2.24) is 9.13 Å². The molecule has 45 heavy (non-hydrogen) atoms. The average Bonchev–Trinajstić information content (AvgIpc) is 3.76. The molecule has 210 valence electrons. The van der Waals surface area contributed by atoms with Crippen molar-refractivity contribution in [3.05, 3.63) is 158 Å². The Morgan fingerprint density at radius 2 is 0.911 bits per heavy atom. The van der Waals surface area contributed by atoms with Crippen LogP contribution in [0.1, 0.15) is 0 Å². The molecule has 0 N–H and O–H groups in total. The molecule has 10 aromatic rings. The summed E-state index contributed by atoms with van der Waals surface area (Å²) in [5, 5.41) is 7.85. The van der Waals surface area contributed by atoms with Crippen LogP contribution >= 0.6 is 11.3 Å². The number of thiophene rings is 1. The van der Waals surface area contributed by atoms with Crippen LogP contribution in [0.25, 0.3) is 86.3 Å². The van der Waals surface area contributed by atoms with Crippen molar-refractivity contribution in [2.45, 2.75) is 0 Å². The molecule has 3 heterocycles. The number of para-hydroxylation sites is 4. The summed E-state index contributed by atoms with van der Waals surface area (Å²) in [7, 11) is 0. The fourth-order valence-electron chi connectivity index (χ4n) is 7.32. The van der Waals surface area contributed by atoms with E-state index in [0.29, 0.717) is 0 Å². The standard InChI is InChI=1S/C42H26N2S/c1-2-10-29(11-3-1)44-38-17-9-6-14-34(38)41-39(44)24-23-33-35-26-28(20-25-40(35)45-42(33)41)27-18-21-30(22-19-27)43-36-15-7-4-12-31(36)32-13-5-8-16-37(32)43/h1-26H. The minimum Gasteiger partial charge on any atom is -0.309 e. The third kappa shape index (κ3) is 3.56. The van der Waals surface area contributed by atoms with Crippen molar-refractivity contribution in [3.63, 3.8) is 0 Å². The van der Waals surface area contributed by atoms with Crippen LogP contribution in [0.3, 0.4) is 0 Å². The second-order valence-corrected chi connectivity index (χ2v) is 12.8. The Morgan fingerprint density at radius 1 is 0.356 bits per heavy atom. The lowest BCUT2D eigenvalue weighted by atomic mass is 10.0. The summed E-state index contributed by atoms with van der Waals surface area (Å²) >= 11 is 1.90. The lowest BCUT2D eigenvalue weighted by molar-refractivity contribution is 1.18. The Kier molecular flexibility index (Phi) is 5.19. The molecule has 0 atom stereocenters. The second kappa shape index (κ2) is 9.43. The van der Waals surface area contributed by atoms with Gasteiger partial charge < -0.3 is 9.13 Å². The predicted molar refractivity (Wildman–Crippen MR) is 193 cm³/mol. The lowest BCUT2D eigenvalue weighted by Crippen LogP contribution is -1.93. The van der Waals surface area contributed by atoms with E-state index in [9.17, 15) is 0 Å². The van der Waals surface area contributed by atoms with Gasteiger partial charge in [0, 0.05) is 53.1 Å². The van der Waals surface area contributed by atoms with Gasteiger partial charge in [0.15, 0.2) is 0 Å². The van der Waals surface area contributed by atoms with Gasteiger partial charge in [0.2, 0.25) is 0 Å². The molecule has 10 rings (SSSR count). The summed E-state index contributed by atoms with van der Waals surface area (Å²) in [4.78, 5) is 0. The Hall–Kier alpha value is -5.64. The molecule has 3 heteroatoms. The molecule has 0 spiro atoms. The largest absolute Gasteiger partial charge is 0.309 e. The smallest absolute Gasteiger partial charge is 0.0555 e. The highest BCUT2D eigenvalue weighted by Gasteiger charge is 2.18. The van der Waals surface area contributed by atoms with Crippen molar-refractivity contribution in [3.8, 4) is 22.5 Å². The summed E-state index contributed by atoms with van der Waals surface area (Å²) in [6.07, 6.45) is 0. The molecule has 0 aliphatic rings. The molecule has 0 unspecified atom stereocenters. The Bertz CT molecular complexity index is 2690. The van der Waals surface area contributed by atoms with Crippen molar-refractivity contribution in [2.75, 3.05) is 0 Å². The highest BCUT2D eigenvalue weighted by Crippen LogP contribution is 2.44. The first kappa shape index (κ1) is 24.8. The maximum absolute atomic E-state index is 2.40. The molecule has 0 saturated carbocycles.